The van der Waals surface area contributed by atoms with Gasteiger partial charge < -0.3 is 14.5 Å². The molecule has 2 heterocycles. The van der Waals surface area contributed by atoms with Crippen molar-refractivity contribution >= 4 is 0 Å². The quantitative estimate of drug-likeness (QED) is 0.870. The fraction of sp³-hybridized carbons (Fsp3) is 0.714. The van der Waals surface area contributed by atoms with Gasteiger partial charge in [-0.3, -0.25) is 4.90 Å². The topological polar surface area (TPSA) is 37.6 Å². The third-order valence-corrected chi connectivity index (χ3v) is 3.12. The zero-order valence-electron chi connectivity index (χ0n) is 11.4. The Hall–Kier alpha value is -0.840. The van der Waals surface area contributed by atoms with Crippen LogP contribution in [0.15, 0.2) is 16.7 Å². The van der Waals surface area contributed by atoms with Gasteiger partial charge >= 0.3 is 0 Å². The van der Waals surface area contributed by atoms with Crippen LogP contribution in [-0.4, -0.2) is 37.2 Å². The van der Waals surface area contributed by atoms with E-state index in [2.05, 4.69) is 30.1 Å². The van der Waals surface area contributed by atoms with Gasteiger partial charge in [-0.25, -0.2) is 0 Å². The molecule has 0 unspecified atom stereocenters. The van der Waals surface area contributed by atoms with Gasteiger partial charge in [-0.2, -0.15) is 0 Å². The van der Waals surface area contributed by atoms with Crippen LogP contribution in [0, 0.1) is 0 Å². The SMILES string of the molecule is CC(C)NCc1coc(CN2CCCOCC2)c1. The fourth-order valence-electron chi connectivity index (χ4n) is 2.10. The average Bonchev–Trinajstić information content (AvgIpc) is 2.62. The van der Waals surface area contributed by atoms with Gasteiger partial charge in [0.2, 0.25) is 0 Å². The van der Waals surface area contributed by atoms with E-state index in [1.807, 2.05) is 6.26 Å². The van der Waals surface area contributed by atoms with Crippen LogP contribution in [0.4, 0.5) is 0 Å². The summed E-state index contributed by atoms with van der Waals surface area (Å²) in [4.78, 5) is 2.39. The molecule has 1 aromatic rings. The summed E-state index contributed by atoms with van der Waals surface area (Å²) < 4.78 is 11.1. The maximum Gasteiger partial charge on any atom is 0.118 e. The monoisotopic (exact) mass is 252 g/mol. The Balaban J connectivity index is 1.81. The molecule has 1 N–H and O–H groups in total. The molecular weight excluding hydrogens is 228 g/mol. The van der Waals surface area contributed by atoms with Crippen molar-refractivity contribution in [2.45, 2.75) is 39.4 Å². The van der Waals surface area contributed by atoms with E-state index in [0.717, 1.165) is 51.6 Å². The van der Waals surface area contributed by atoms with E-state index in [1.54, 1.807) is 0 Å². The van der Waals surface area contributed by atoms with Crippen molar-refractivity contribution < 1.29 is 9.15 Å². The Morgan fingerprint density at radius 1 is 1.33 bits per heavy atom. The number of ether oxygens (including phenoxy) is 1. The molecule has 102 valence electrons. The van der Waals surface area contributed by atoms with Crippen molar-refractivity contribution in [2.75, 3.05) is 26.3 Å². The van der Waals surface area contributed by atoms with Gasteiger partial charge in [0, 0.05) is 37.8 Å². The molecule has 1 aliphatic rings. The second-order valence-corrected chi connectivity index (χ2v) is 5.20. The van der Waals surface area contributed by atoms with E-state index < -0.39 is 0 Å². The zero-order valence-corrected chi connectivity index (χ0v) is 11.4. The lowest BCUT2D eigenvalue weighted by atomic mass is 10.2. The maximum atomic E-state index is 5.62. The van der Waals surface area contributed by atoms with Gasteiger partial charge in [0.1, 0.15) is 5.76 Å². The van der Waals surface area contributed by atoms with E-state index in [9.17, 15) is 0 Å². The maximum absolute atomic E-state index is 5.62. The number of rotatable bonds is 5. The van der Waals surface area contributed by atoms with Gasteiger partial charge in [0.15, 0.2) is 0 Å². The lowest BCUT2D eigenvalue weighted by Gasteiger charge is -2.16. The summed E-state index contributed by atoms with van der Waals surface area (Å²) in [5.41, 5.74) is 1.23. The summed E-state index contributed by atoms with van der Waals surface area (Å²) in [6.07, 6.45) is 2.97. The molecule has 0 bridgehead atoms. The van der Waals surface area contributed by atoms with Gasteiger partial charge in [-0.1, -0.05) is 13.8 Å². The molecule has 0 radical (unpaired) electrons. The van der Waals surface area contributed by atoms with Crippen LogP contribution in [-0.2, 0) is 17.8 Å². The first-order chi connectivity index (χ1) is 8.74. The highest BCUT2D eigenvalue weighted by molar-refractivity contribution is 5.12. The Morgan fingerprint density at radius 2 is 2.22 bits per heavy atom. The van der Waals surface area contributed by atoms with Crippen molar-refractivity contribution in [1.29, 1.82) is 0 Å². The van der Waals surface area contributed by atoms with Crippen LogP contribution in [0.25, 0.3) is 0 Å². The van der Waals surface area contributed by atoms with Crippen molar-refractivity contribution in [3.05, 3.63) is 23.7 Å². The molecule has 0 amide bonds. The van der Waals surface area contributed by atoms with E-state index in [1.165, 1.54) is 5.56 Å². The van der Waals surface area contributed by atoms with E-state index in [0.29, 0.717) is 6.04 Å². The van der Waals surface area contributed by atoms with Crippen molar-refractivity contribution in [3.8, 4) is 0 Å². The molecule has 1 saturated heterocycles. The molecular formula is C14H24N2O2. The summed E-state index contributed by atoms with van der Waals surface area (Å²) >= 11 is 0. The molecule has 1 fully saturated rings. The lowest BCUT2D eigenvalue weighted by molar-refractivity contribution is 0.139. The molecule has 18 heavy (non-hydrogen) atoms. The zero-order chi connectivity index (χ0) is 12.8. The summed E-state index contributed by atoms with van der Waals surface area (Å²) in [6.45, 7) is 9.90. The number of furan rings is 1. The first-order valence-corrected chi connectivity index (χ1v) is 6.84. The number of hydrogen-bond acceptors (Lipinski definition) is 4. The normalized spacial score (nSPS) is 18.2. The minimum Gasteiger partial charge on any atom is -0.468 e. The van der Waals surface area contributed by atoms with Crippen LogP contribution < -0.4 is 5.32 Å². The first kappa shape index (κ1) is 13.6. The van der Waals surface area contributed by atoms with Gasteiger partial charge in [-0.15, -0.1) is 0 Å². The summed E-state index contributed by atoms with van der Waals surface area (Å²) in [5.74, 6) is 1.05. The second-order valence-electron chi connectivity index (χ2n) is 5.20. The van der Waals surface area contributed by atoms with E-state index >= 15 is 0 Å². The summed E-state index contributed by atoms with van der Waals surface area (Å²) in [5, 5.41) is 3.40. The fourth-order valence-corrected chi connectivity index (χ4v) is 2.10. The molecule has 0 atom stereocenters. The predicted molar refractivity (Wildman–Crippen MR) is 71.4 cm³/mol. The van der Waals surface area contributed by atoms with Crippen molar-refractivity contribution in [1.82, 2.24) is 10.2 Å². The molecule has 4 nitrogen and oxygen atoms in total. The van der Waals surface area contributed by atoms with Crippen LogP contribution in [0.2, 0.25) is 0 Å². The Bertz CT molecular complexity index is 341. The van der Waals surface area contributed by atoms with Gasteiger partial charge in [0.05, 0.1) is 19.4 Å². The average molecular weight is 252 g/mol. The minimum atomic E-state index is 0.506. The molecule has 2 rings (SSSR count). The molecule has 1 aromatic heterocycles. The van der Waals surface area contributed by atoms with E-state index in [-0.39, 0.29) is 0 Å². The molecule has 1 aliphatic heterocycles. The lowest BCUT2D eigenvalue weighted by Crippen LogP contribution is -2.25. The minimum absolute atomic E-state index is 0.506. The van der Waals surface area contributed by atoms with Crippen LogP contribution in [0.1, 0.15) is 31.6 Å². The highest BCUT2D eigenvalue weighted by atomic mass is 16.5. The smallest absolute Gasteiger partial charge is 0.118 e. The Kier molecular flexibility index (Phi) is 5.23. The Labute approximate surface area is 109 Å². The molecule has 4 heteroatoms. The molecule has 0 aromatic carbocycles. The second kappa shape index (κ2) is 6.92. The van der Waals surface area contributed by atoms with Crippen LogP contribution in [0.3, 0.4) is 0 Å². The van der Waals surface area contributed by atoms with Crippen LogP contribution in [0.5, 0.6) is 0 Å². The van der Waals surface area contributed by atoms with Crippen LogP contribution >= 0.6 is 0 Å². The number of nitrogens with one attached hydrogen (secondary N) is 1. The summed E-state index contributed by atoms with van der Waals surface area (Å²) in [7, 11) is 0. The standard InChI is InChI=1S/C14H24N2O2/c1-12(2)15-9-13-8-14(18-11-13)10-16-4-3-6-17-7-5-16/h8,11-12,15H,3-7,9-10H2,1-2H3. The third-order valence-electron chi connectivity index (χ3n) is 3.12. The molecule has 0 spiro atoms. The first-order valence-electron chi connectivity index (χ1n) is 6.84. The highest BCUT2D eigenvalue weighted by Gasteiger charge is 2.11. The van der Waals surface area contributed by atoms with Crippen molar-refractivity contribution in [2.24, 2.45) is 0 Å². The Morgan fingerprint density at radius 3 is 3.06 bits per heavy atom. The molecule has 0 aliphatic carbocycles. The third kappa shape index (κ3) is 4.44. The number of nitrogens with zero attached hydrogens (tertiary/aromatic N) is 1. The highest BCUT2D eigenvalue weighted by Crippen LogP contribution is 2.12. The van der Waals surface area contributed by atoms with Gasteiger partial charge in [-0.05, 0) is 12.5 Å². The predicted octanol–water partition coefficient (Wildman–Crippen LogP) is 2.00. The molecule has 0 saturated carbocycles. The van der Waals surface area contributed by atoms with Gasteiger partial charge in [0.25, 0.3) is 0 Å². The van der Waals surface area contributed by atoms with E-state index in [4.69, 9.17) is 9.15 Å². The van der Waals surface area contributed by atoms with Crippen molar-refractivity contribution in [3.63, 3.8) is 0 Å². The summed E-state index contributed by atoms with van der Waals surface area (Å²) in [6, 6.07) is 2.66. The number of hydrogen-bond donors (Lipinski definition) is 1. The largest absolute Gasteiger partial charge is 0.468 e.